The number of halogens is 1. The van der Waals surface area contributed by atoms with E-state index in [9.17, 15) is 9.90 Å². The summed E-state index contributed by atoms with van der Waals surface area (Å²) in [6.45, 7) is 2.11. The van der Waals surface area contributed by atoms with Gasteiger partial charge in [0.1, 0.15) is 6.61 Å². The number of carbonyl (C=O) groups excluding carboxylic acids is 1. The number of benzene rings is 3. The molecular formula is C22H18BrNO3. The number of nitrogens with one attached hydrogen (secondary N) is 1. The van der Waals surface area contributed by atoms with Crippen molar-refractivity contribution in [2.75, 3.05) is 11.9 Å². The fourth-order valence-corrected chi connectivity index (χ4v) is 4.15. The van der Waals surface area contributed by atoms with E-state index in [1.807, 2.05) is 31.2 Å². The topological polar surface area (TPSA) is 58.6 Å². The van der Waals surface area contributed by atoms with Gasteiger partial charge in [0, 0.05) is 5.92 Å². The zero-order chi connectivity index (χ0) is 19.0. The lowest BCUT2D eigenvalue weighted by Gasteiger charge is -2.15. The predicted molar refractivity (Wildman–Crippen MR) is 109 cm³/mol. The van der Waals surface area contributed by atoms with E-state index in [-0.39, 0.29) is 18.3 Å². The van der Waals surface area contributed by atoms with Gasteiger partial charge in [-0.3, -0.25) is 5.32 Å². The van der Waals surface area contributed by atoms with Crippen LogP contribution in [0.1, 0.15) is 22.6 Å². The molecule has 3 aromatic carbocycles. The summed E-state index contributed by atoms with van der Waals surface area (Å²) in [6, 6.07) is 19.8. The number of aryl methyl sites for hydroxylation is 1. The summed E-state index contributed by atoms with van der Waals surface area (Å²) >= 11 is 3.27. The fraction of sp³-hybridized carbons (Fsp3) is 0.136. The van der Waals surface area contributed by atoms with Gasteiger partial charge in [0.05, 0.1) is 10.2 Å². The Morgan fingerprint density at radius 1 is 1.07 bits per heavy atom. The van der Waals surface area contributed by atoms with E-state index in [1.165, 1.54) is 11.1 Å². The van der Waals surface area contributed by atoms with Crippen molar-refractivity contribution in [3.05, 3.63) is 81.8 Å². The minimum absolute atomic E-state index is 0.000919. The molecule has 4 nitrogen and oxygen atoms in total. The molecule has 0 spiro atoms. The highest BCUT2D eigenvalue weighted by molar-refractivity contribution is 9.10. The predicted octanol–water partition coefficient (Wildman–Crippen LogP) is 5.82. The molecule has 0 unspecified atom stereocenters. The third-order valence-electron chi connectivity index (χ3n) is 4.79. The van der Waals surface area contributed by atoms with E-state index in [2.05, 4.69) is 45.5 Å². The molecular weight excluding hydrogens is 406 g/mol. The number of hydrogen-bond acceptors (Lipinski definition) is 3. The molecule has 0 heterocycles. The van der Waals surface area contributed by atoms with Crippen LogP contribution in [0, 0.1) is 6.92 Å². The number of phenolic OH excluding ortho intramolecular Hbond substituents is 1. The largest absolute Gasteiger partial charge is 0.505 e. The first-order chi connectivity index (χ1) is 13.0. The Bertz CT molecular complexity index is 986. The molecule has 0 fully saturated rings. The van der Waals surface area contributed by atoms with E-state index >= 15 is 0 Å². The molecule has 0 radical (unpaired) electrons. The molecule has 136 valence electrons. The number of fused-ring (bicyclic) bond motifs is 3. The lowest BCUT2D eigenvalue weighted by molar-refractivity contribution is 0.158. The molecule has 27 heavy (non-hydrogen) atoms. The smallest absolute Gasteiger partial charge is 0.411 e. The molecule has 0 aromatic heterocycles. The van der Waals surface area contributed by atoms with E-state index in [0.717, 1.165) is 16.7 Å². The lowest BCUT2D eigenvalue weighted by atomic mass is 9.98. The second-order valence-corrected chi connectivity index (χ2v) is 7.45. The van der Waals surface area contributed by atoms with Gasteiger partial charge in [0.15, 0.2) is 5.75 Å². The second-order valence-electron chi connectivity index (χ2n) is 6.59. The molecule has 0 aliphatic heterocycles. The molecule has 4 rings (SSSR count). The third-order valence-corrected chi connectivity index (χ3v) is 5.39. The standard InChI is InChI=1S/C22H18BrNO3/c1-13-10-19(23)21(25)20(11-13)24-22(26)27-12-18-16-8-4-2-6-14(16)15-7-3-5-9-17(15)18/h2-11,18,25H,12H2,1H3,(H,24,26). The van der Waals surface area contributed by atoms with Gasteiger partial charge in [0.25, 0.3) is 0 Å². The number of aromatic hydroxyl groups is 1. The maximum atomic E-state index is 12.3. The van der Waals surface area contributed by atoms with Gasteiger partial charge >= 0.3 is 6.09 Å². The molecule has 0 atom stereocenters. The number of amides is 1. The van der Waals surface area contributed by atoms with Crippen molar-refractivity contribution in [2.24, 2.45) is 0 Å². The SMILES string of the molecule is Cc1cc(Br)c(O)c(NC(=O)OCC2c3ccccc3-c3ccccc32)c1. The Kier molecular flexibility index (Phi) is 4.62. The minimum Gasteiger partial charge on any atom is -0.505 e. The van der Waals surface area contributed by atoms with Crippen LogP contribution in [0.25, 0.3) is 11.1 Å². The average Bonchev–Trinajstić information content (AvgIpc) is 2.98. The highest BCUT2D eigenvalue weighted by Gasteiger charge is 2.29. The van der Waals surface area contributed by atoms with E-state index in [4.69, 9.17) is 4.74 Å². The van der Waals surface area contributed by atoms with Crippen LogP contribution in [0.3, 0.4) is 0 Å². The molecule has 3 aromatic rings. The van der Waals surface area contributed by atoms with Crippen molar-refractivity contribution in [2.45, 2.75) is 12.8 Å². The quantitative estimate of drug-likeness (QED) is 0.521. The van der Waals surface area contributed by atoms with Crippen LogP contribution in [-0.4, -0.2) is 17.8 Å². The zero-order valence-electron chi connectivity index (χ0n) is 14.7. The van der Waals surface area contributed by atoms with Gasteiger partial charge in [-0.15, -0.1) is 0 Å². The summed E-state index contributed by atoms with van der Waals surface area (Å²) in [5, 5.41) is 12.7. The van der Waals surface area contributed by atoms with Crippen LogP contribution in [0.15, 0.2) is 65.1 Å². The maximum Gasteiger partial charge on any atom is 0.411 e. The highest BCUT2D eigenvalue weighted by Crippen LogP contribution is 2.44. The normalized spacial score (nSPS) is 12.4. The number of ether oxygens (including phenoxy) is 1. The number of anilines is 1. The van der Waals surface area contributed by atoms with Crippen LogP contribution in [0.5, 0.6) is 5.75 Å². The summed E-state index contributed by atoms with van der Waals surface area (Å²) in [4.78, 5) is 12.3. The van der Waals surface area contributed by atoms with Crippen molar-refractivity contribution in [3.63, 3.8) is 0 Å². The van der Waals surface area contributed by atoms with Gasteiger partial charge in [-0.1, -0.05) is 48.5 Å². The molecule has 2 N–H and O–H groups in total. The van der Waals surface area contributed by atoms with Crippen LogP contribution >= 0.6 is 15.9 Å². The van der Waals surface area contributed by atoms with Crippen LogP contribution in [-0.2, 0) is 4.74 Å². The van der Waals surface area contributed by atoms with Crippen LogP contribution in [0.4, 0.5) is 10.5 Å². The Morgan fingerprint density at radius 3 is 2.30 bits per heavy atom. The first-order valence-corrected chi connectivity index (χ1v) is 9.45. The van der Waals surface area contributed by atoms with Gasteiger partial charge in [0.2, 0.25) is 0 Å². The van der Waals surface area contributed by atoms with Crippen molar-refractivity contribution in [1.29, 1.82) is 0 Å². The summed E-state index contributed by atoms with van der Waals surface area (Å²) in [7, 11) is 0. The average molecular weight is 424 g/mol. The Labute approximate surface area is 165 Å². The van der Waals surface area contributed by atoms with Gasteiger partial charge in [-0.05, 0) is 62.8 Å². The molecule has 0 saturated heterocycles. The van der Waals surface area contributed by atoms with Crippen molar-refractivity contribution >= 4 is 27.7 Å². The van der Waals surface area contributed by atoms with Gasteiger partial charge in [-0.2, -0.15) is 0 Å². The summed E-state index contributed by atoms with van der Waals surface area (Å²) in [5.74, 6) is -0.0184. The van der Waals surface area contributed by atoms with Crippen molar-refractivity contribution < 1.29 is 14.6 Å². The summed E-state index contributed by atoms with van der Waals surface area (Å²) < 4.78 is 6.03. The summed E-state index contributed by atoms with van der Waals surface area (Å²) in [5.41, 5.74) is 5.91. The molecule has 5 heteroatoms. The zero-order valence-corrected chi connectivity index (χ0v) is 16.3. The molecule has 0 saturated carbocycles. The van der Waals surface area contributed by atoms with E-state index in [1.54, 1.807) is 12.1 Å². The Balaban J connectivity index is 1.52. The monoisotopic (exact) mass is 423 g/mol. The fourth-order valence-electron chi connectivity index (χ4n) is 3.57. The summed E-state index contributed by atoms with van der Waals surface area (Å²) in [6.07, 6.45) is -0.593. The maximum absolute atomic E-state index is 12.3. The molecule has 0 bridgehead atoms. The van der Waals surface area contributed by atoms with Crippen LogP contribution in [0.2, 0.25) is 0 Å². The number of phenols is 1. The van der Waals surface area contributed by atoms with Gasteiger partial charge in [-0.25, -0.2) is 4.79 Å². The van der Waals surface area contributed by atoms with E-state index in [0.29, 0.717) is 10.2 Å². The van der Waals surface area contributed by atoms with Gasteiger partial charge < -0.3 is 9.84 Å². The Morgan fingerprint density at radius 2 is 1.67 bits per heavy atom. The highest BCUT2D eigenvalue weighted by atomic mass is 79.9. The minimum atomic E-state index is -0.593. The lowest BCUT2D eigenvalue weighted by Crippen LogP contribution is -2.18. The van der Waals surface area contributed by atoms with Crippen LogP contribution < -0.4 is 5.32 Å². The van der Waals surface area contributed by atoms with E-state index < -0.39 is 6.09 Å². The first-order valence-electron chi connectivity index (χ1n) is 8.65. The molecule has 1 aliphatic carbocycles. The second kappa shape index (κ2) is 7.08. The number of hydrogen-bond donors (Lipinski definition) is 2. The number of rotatable bonds is 3. The first kappa shape index (κ1) is 17.6. The van der Waals surface area contributed by atoms with Crippen molar-refractivity contribution in [3.8, 4) is 16.9 Å². The third kappa shape index (κ3) is 3.30. The molecule has 1 aliphatic rings. The number of carbonyl (C=O) groups is 1. The Hall–Kier alpha value is -2.79. The molecule has 1 amide bonds. The van der Waals surface area contributed by atoms with Crippen molar-refractivity contribution in [1.82, 2.24) is 0 Å².